The average Bonchev–Trinajstić information content (AvgIpc) is 2.80. The summed E-state index contributed by atoms with van der Waals surface area (Å²) in [6, 6.07) is 7.06. The number of hydrogen-bond acceptors (Lipinski definition) is 11. The lowest BCUT2D eigenvalue weighted by molar-refractivity contribution is -0.277. The summed E-state index contributed by atoms with van der Waals surface area (Å²) in [4.78, 5) is 13.1. The molecule has 1 aliphatic rings. The number of aliphatic hydroxyl groups excluding tert-OH is 4. The molecule has 2 aromatic carbocycles. The molecule has 0 radical (unpaired) electrons. The highest BCUT2D eigenvalue weighted by Crippen LogP contribution is 2.43. The van der Waals surface area contributed by atoms with Gasteiger partial charge in [0.25, 0.3) is 0 Å². The predicted molar refractivity (Wildman–Crippen MR) is 112 cm³/mol. The molecule has 0 spiro atoms. The van der Waals surface area contributed by atoms with Crippen LogP contribution in [0.5, 0.6) is 23.0 Å². The molecule has 2 heterocycles. The number of fused-ring (bicyclic) bond motifs is 1. The summed E-state index contributed by atoms with van der Waals surface area (Å²) in [6.07, 6.45) is -6.52. The third-order valence-corrected chi connectivity index (χ3v) is 5.43. The molecule has 5 atom stereocenters. The Morgan fingerprint density at radius 3 is 2.36 bits per heavy atom. The van der Waals surface area contributed by atoms with Crippen molar-refractivity contribution >= 4 is 11.0 Å². The zero-order chi connectivity index (χ0) is 23.9. The zero-order valence-corrected chi connectivity index (χ0v) is 17.3. The van der Waals surface area contributed by atoms with Crippen LogP contribution in [0.15, 0.2) is 45.8 Å². The summed E-state index contributed by atoms with van der Waals surface area (Å²) in [5.41, 5.74) is -0.0662. The molecule has 6 N–H and O–H groups in total. The Morgan fingerprint density at radius 1 is 1.03 bits per heavy atom. The number of hydrogen-bond donors (Lipinski definition) is 6. The molecule has 3 aromatic rings. The number of aromatic hydroxyl groups is 2. The number of rotatable bonds is 5. The van der Waals surface area contributed by atoms with Crippen LogP contribution in [0.4, 0.5) is 0 Å². The molecule has 0 unspecified atom stereocenters. The number of benzene rings is 2. The second kappa shape index (κ2) is 8.89. The highest BCUT2D eigenvalue weighted by atomic mass is 16.7. The van der Waals surface area contributed by atoms with Crippen molar-refractivity contribution in [2.75, 3.05) is 13.7 Å². The van der Waals surface area contributed by atoms with Gasteiger partial charge in [-0.25, -0.2) is 0 Å². The lowest BCUT2D eigenvalue weighted by Gasteiger charge is -2.39. The Balaban J connectivity index is 1.77. The third kappa shape index (κ3) is 3.96. The molecule has 11 nitrogen and oxygen atoms in total. The van der Waals surface area contributed by atoms with Crippen LogP contribution >= 0.6 is 0 Å². The SMILES string of the molecule is COc1c(O[C@@H]2O[C@@H](CO)[C@@H](O)[C@@H](O)[C@H]2O)cc2occ(-c3ccc(O)cc3)c(=O)c2c1O. The van der Waals surface area contributed by atoms with Gasteiger partial charge in [-0.1, -0.05) is 12.1 Å². The van der Waals surface area contributed by atoms with E-state index in [0.717, 1.165) is 0 Å². The fourth-order valence-electron chi connectivity index (χ4n) is 3.64. The van der Waals surface area contributed by atoms with E-state index >= 15 is 0 Å². The number of ether oxygens (including phenoxy) is 3. The highest BCUT2D eigenvalue weighted by Gasteiger charge is 2.45. The minimum Gasteiger partial charge on any atom is -0.508 e. The fourth-order valence-corrected chi connectivity index (χ4v) is 3.64. The lowest BCUT2D eigenvalue weighted by atomic mass is 9.99. The van der Waals surface area contributed by atoms with Crippen molar-refractivity contribution in [3.8, 4) is 34.1 Å². The van der Waals surface area contributed by atoms with Crippen LogP contribution in [0.3, 0.4) is 0 Å². The summed E-state index contributed by atoms with van der Waals surface area (Å²) in [7, 11) is 1.21. The van der Waals surface area contributed by atoms with E-state index in [-0.39, 0.29) is 33.8 Å². The Kier molecular flexibility index (Phi) is 6.15. The zero-order valence-electron chi connectivity index (χ0n) is 17.3. The molecule has 1 fully saturated rings. The van der Waals surface area contributed by atoms with Crippen molar-refractivity contribution in [1.82, 2.24) is 0 Å². The summed E-state index contributed by atoms with van der Waals surface area (Å²) in [6.45, 7) is -0.653. The van der Waals surface area contributed by atoms with Gasteiger partial charge in [0.15, 0.2) is 11.5 Å². The van der Waals surface area contributed by atoms with Crippen LogP contribution in [0, 0.1) is 0 Å². The summed E-state index contributed by atoms with van der Waals surface area (Å²) < 4.78 is 21.6. The quantitative estimate of drug-likeness (QED) is 0.302. The van der Waals surface area contributed by atoms with Crippen molar-refractivity contribution < 1.29 is 49.3 Å². The van der Waals surface area contributed by atoms with Crippen LogP contribution in [-0.4, -0.2) is 75.1 Å². The van der Waals surface area contributed by atoms with E-state index in [4.69, 9.17) is 18.6 Å². The van der Waals surface area contributed by atoms with E-state index in [0.29, 0.717) is 5.56 Å². The van der Waals surface area contributed by atoms with Gasteiger partial charge in [0.2, 0.25) is 17.5 Å². The van der Waals surface area contributed by atoms with Gasteiger partial charge >= 0.3 is 0 Å². The molecule has 0 saturated carbocycles. The monoisotopic (exact) mass is 462 g/mol. The molecule has 0 amide bonds. The van der Waals surface area contributed by atoms with Gasteiger partial charge in [0, 0.05) is 6.07 Å². The molecule has 33 heavy (non-hydrogen) atoms. The topological polar surface area (TPSA) is 179 Å². The first-order chi connectivity index (χ1) is 15.8. The number of phenols is 2. The minimum atomic E-state index is -1.70. The first kappa shape index (κ1) is 22.8. The Labute approximate surface area is 186 Å². The number of phenolic OH excluding ortho intramolecular Hbond substituents is 2. The third-order valence-electron chi connectivity index (χ3n) is 5.43. The van der Waals surface area contributed by atoms with Crippen LogP contribution in [0.25, 0.3) is 22.1 Å². The molecular formula is C22H22O11. The Hall–Kier alpha value is -3.35. The van der Waals surface area contributed by atoms with Gasteiger partial charge in [-0.05, 0) is 17.7 Å². The molecule has 1 aromatic heterocycles. The largest absolute Gasteiger partial charge is 0.508 e. The Bertz CT molecular complexity index is 1200. The standard InChI is InChI=1S/C22H22O11/c1-30-21-13(32-22-20(29)19(28)17(26)14(7-23)33-22)6-12-15(18(21)27)16(25)11(8-31-12)9-2-4-10(24)5-3-9/h2-6,8,14,17,19-20,22-24,26-29H,7H2,1H3/t14-,17+,19+,20+,22+/m0/s1. The van der Waals surface area contributed by atoms with Gasteiger partial charge in [-0.15, -0.1) is 0 Å². The summed E-state index contributed by atoms with van der Waals surface area (Å²) in [5, 5.41) is 59.5. The molecule has 11 heteroatoms. The van der Waals surface area contributed by atoms with Gasteiger partial charge in [-0.2, -0.15) is 0 Å². The summed E-state index contributed by atoms with van der Waals surface area (Å²) >= 11 is 0. The van der Waals surface area contributed by atoms with E-state index in [1.165, 1.54) is 43.7 Å². The molecule has 0 bridgehead atoms. The van der Waals surface area contributed by atoms with Crippen molar-refractivity contribution in [3.05, 3.63) is 46.8 Å². The van der Waals surface area contributed by atoms with Gasteiger partial charge in [-0.3, -0.25) is 4.79 Å². The van der Waals surface area contributed by atoms with E-state index in [1.54, 1.807) is 0 Å². The maximum atomic E-state index is 13.1. The maximum Gasteiger partial charge on any atom is 0.229 e. The minimum absolute atomic E-state index is 0.0171. The molecule has 4 rings (SSSR count). The van der Waals surface area contributed by atoms with Crippen molar-refractivity contribution in [1.29, 1.82) is 0 Å². The molecular weight excluding hydrogens is 440 g/mol. The van der Waals surface area contributed by atoms with Crippen molar-refractivity contribution in [3.63, 3.8) is 0 Å². The van der Waals surface area contributed by atoms with E-state index in [1.807, 2.05) is 0 Å². The first-order valence-corrected chi connectivity index (χ1v) is 9.88. The fraction of sp³-hybridized carbons (Fsp3) is 0.318. The van der Waals surface area contributed by atoms with Crippen molar-refractivity contribution in [2.24, 2.45) is 0 Å². The molecule has 0 aliphatic carbocycles. The number of aliphatic hydroxyl groups is 4. The smallest absolute Gasteiger partial charge is 0.229 e. The average molecular weight is 462 g/mol. The van der Waals surface area contributed by atoms with E-state index in [2.05, 4.69) is 0 Å². The Morgan fingerprint density at radius 2 is 1.73 bits per heavy atom. The van der Waals surface area contributed by atoms with Crippen molar-refractivity contribution in [2.45, 2.75) is 30.7 Å². The lowest BCUT2D eigenvalue weighted by Crippen LogP contribution is -2.60. The van der Waals surface area contributed by atoms with Gasteiger partial charge in [0.05, 0.1) is 19.3 Å². The maximum absolute atomic E-state index is 13.1. The second-order valence-electron chi connectivity index (χ2n) is 7.47. The second-order valence-corrected chi connectivity index (χ2v) is 7.47. The van der Waals surface area contributed by atoms with Crippen LogP contribution in [0.1, 0.15) is 0 Å². The number of methoxy groups -OCH3 is 1. The molecule has 1 saturated heterocycles. The summed E-state index contributed by atoms with van der Waals surface area (Å²) in [5.74, 6) is -1.03. The van der Waals surface area contributed by atoms with Gasteiger partial charge in [0.1, 0.15) is 47.4 Å². The van der Waals surface area contributed by atoms with Crippen LogP contribution < -0.4 is 14.9 Å². The molecule has 1 aliphatic heterocycles. The first-order valence-electron chi connectivity index (χ1n) is 9.88. The molecule has 176 valence electrons. The highest BCUT2D eigenvalue weighted by molar-refractivity contribution is 5.91. The van der Waals surface area contributed by atoms with Crippen LogP contribution in [-0.2, 0) is 4.74 Å². The van der Waals surface area contributed by atoms with Gasteiger partial charge < -0.3 is 49.3 Å². The van der Waals surface area contributed by atoms with Crippen LogP contribution in [0.2, 0.25) is 0 Å². The normalized spacial score (nSPS) is 25.2. The van der Waals surface area contributed by atoms with E-state index in [9.17, 15) is 35.4 Å². The van der Waals surface area contributed by atoms with E-state index < -0.39 is 48.5 Å². The predicted octanol–water partition coefficient (Wildman–Crippen LogP) is 0.0585.